The molecule has 8 heteroatoms. The number of fused-ring (bicyclic) bond motifs is 3. The van der Waals surface area contributed by atoms with E-state index in [9.17, 15) is 24.3 Å². The fourth-order valence-corrected chi connectivity index (χ4v) is 2.50. The maximum atomic E-state index is 13.4. The Labute approximate surface area is 124 Å². The largest absolute Gasteiger partial charge is 1.00 e. The van der Waals surface area contributed by atoms with Crippen LogP contribution in [0, 0.1) is 5.82 Å². The van der Waals surface area contributed by atoms with Gasteiger partial charge in [-0.3, -0.25) is 0 Å². The molecule has 5 nitrogen and oxygen atoms in total. The summed E-state index contributed by atoms with van der Waals surface area (Å²) in [6, 6.07) is 2.44. The van der Waals surface area contributed by atoms with Gasteiger partial charge >= 0.3 is 36.3 Å². The van der Waals surface area contributed by atoms with Crippen molar-refractivity contribution in [1.82, 2.24) is 0 Å². The third kappa shape index (κ3) is 1.86. The molecule has 1 aromatic rings. The molecule has 0 radical (unpaired) electrons. The van der Waals surface area contributed by atoms with Gasteiger partial charge in [-0.2, -0.15) is 0 Å². The summed E-state index contributed by atoms with van der Waals surface area (Å²) in [5.74, 6) is -3.65. The minimum Gasteiger partial charge on any atom is -0.669 e. The molecule has 0 aromatic heterocycles. The van der Waals surface area contributed by atoms with E-state index in [1.54, 1.807) is 0 Å². The number of halogens is 1. The molecule has 2 atom stereocenters. The first-order valence-electron chi connectivity index (χ1n) is 5.24. The topological polar surface area (TPSA) is 89.8 Å². The molecular formula is C10H8BFNaO5-. The predicted molar refractivity (Wildman–Crippen MR) is 52.7 cm³/mol. The van der Waals surface area contributed by atoms with Crippen LogP contribution in [0.4, 0.5) is 4.39 Å². The summed E-state index contributed by atoms with van der Waals surface area (Å²) in [7, 11) is 0. The van der Waals surface area contributed by atoms with Crippen LogP contribution in [0.5, 0.6) is 5.75 Å². The summed E-state index contributed by atoms with van der Waals surface area (Å²) in [6.45, 7) is -3.11. The first-order valence-corrected chi connectivity index (χ1v) is 5.24. The van der Waals surface area contributed by atoms with Crippen molar-refractivity contribution in [3.05, 3.63) is 29.1 Å². The molecule has 1 aliphatic carbocycles. The van der Waals surface area contributed by atoms with E-state index >= 15 is 0 Å². The van der Waals surface area contributed by atoms with E-state index in [2.05, 4.69) is 0 Å². The van der Waals surface area contributed by atoms with E-state index in [0.29, 0.717) is 12.0 Å². The Balaban J connectivity index is 0.00000120. The molecule has 0 bridgehead atoms. The molecule has 0 amide bonds. The number of carboxylic acid groups (broad SMARTS) is 1. The number of carboxylic acids is 1. The number of carbonyl (C=O) groups excluding carboxylic acids is 1. The first kappa shape index (κ1) is 13.8. The molecule has 1 fully saturated rings. The second-order valence-electron chi connectivity index (χ2n) is 4.51. The minimum atomic E-state index is -3.11. The number of hydrogen-bond acceptors (Lipinski definition) is 5. The van der Waals surface area contributed by atoms with Gasteiger partial charge < -0.3 is 24.6 Å². The molecule has 1 saturated carbocycles. The molecule has 2 unspecified atom stereocenters. The smallest absolute Gasteiger partial charge is 0.669 e. The van der Waals surface area contributed by atoms with Gasteiger partial charge in [0.2, 0.25) is 0 Å². The average Bonchev–Trinajstić information content (AvgIpc) is 2.96. The summed E-state index contributed by atoms with van der Waals surface area (Å²) >= 11 is 0. The SMILES string of the molecule is O=C([O-])c1c(F)ccc2c1O[B-](O)(O)C1CC21.[Na+]. The maximum absolute atomic E-state index is 13.4. The fraction of sp³-hybridized carbons (Fsp3) is 0.300. The molecule has 18 heavy (non-hydrogen) atoms. The number of rotatable bonds is 1. The van der Waals surface area contributed by atoms with Crippen LogP contribution in [0.15, 0.2) is 12.1 Å². The summed E-state index contributed by atoms with van der Waals surface area (Å²) in [5, 5.41) is 30.0. The second-order valence-corrected chi connectivity index (χ2v) is 4.51. The van der Waals surface area contributed by atoms with Crippen LogP contribution in [0.2, 0.25) is 5.82 Å². The Morgan fingerprint density at radius 3 is 2.78 bits per heavy atom. The monoisotopic (exact) mass is 261 g/mol. The molecule has 2 aliphatic rings. The molecule has 1 heterocycles. The average molecular weight is 261 g/mol. The number of benzene rings is 1. The Kier molecular flexibility index (Phi) is 3.24. The van der Waals surface area contributed by atoms with Gasteiger partial charge in [0.25, 0.3) is 0 Å². The molecule has 1 aliphatic heterocycles. The van der Waals surface area contributed by atoms with Gasteiger partial charge in [-0.05, 0) is 17.5 Å². The van der Waals surface area contributed by atoms with Crippen LogP contribution >= 0.6 is 0 Å². The van der Waals surface area contributed by atoms with Crippen LogP contribution in [0.25, 0.3) is 0 Å². The van der Waals surface area contributed by atoms with Crippen molar-refractivity contribution in [2.24, 2.45) is 0 Å². The van der Waals surface area contributed by atoms with Gasteiger partial charge in [0.05, 0.1) is 17.3 Å². The zero-order chi connectivity index (χ0) is 12.4. The molecule has 0 saturated heterocycles. The Morgan fingerprint density at radius 1 is 1.50 bits per heavy atom. The zero-order valence-corrected chi connectivity index (χ0v) is 11.6. The molecule has 2 N–H and O–H groups in total. The maximum Gasteiger partial charge on any atom is 1.00 e. The third-order valence-corrected chi connectivity index (χ3v) is 3.43. The van der Waals surface area contributed by atoms with Gasteiger partial charge in [-0.1, -0.05) is 18.3 Å². The van der Waals surface area contributed by atoms with Crippen molar-refractivity contribution < 1.29 is 58.6 Å². The van der Waals surface area contributed by atoms with Crippen molar-refractivity contribution in [3.8, 4) is 5.75 Å². The fourth-order valence-electron chi connectivity index (χ4n) is 2.50. The Morgan fingerprint density at radius 2 is 2.17 bits per heavy atom. The van der Waals surface area contributed by atoms with Crippen molar-refractivity contribution in [2.75, 3.05) is 0 Å². The van der Waals surface area contributed by atoms with E-state index < -0.39 is 29.9 Å². The molecular weight excluding hydrogens is 253 g/mol. The van der Waals surface area contributed by atoms with E-state index in [4.69, 9.17) is 4.65 Å². The number of carbonyl (C=O) groups is 1. The van der Waals surface area contributed by atoms with Gasteiger partial charge in [0, 0.05) is 0 Å². The summed E-state index contributed by atoms with van der Waals surface area (Å²) in [5.41, 5.74) is -0.251. The van der Waals surface area contributed by atoms with Gasteiger partial charge in [0.15, 0.2) is 0 Å². The number of aromatic carboxylic acids is 1. The minimum absolute atomic E-state index is 0. The normalized spacial score (nSPS) is 26.2. The van der Waals surface area contributed by atoms with E-state index in [1.165, 1.54) is 6.07 Å². The molecule has 3 rings (SSSR count). The van der Waals surface area contributed by atoms with Crippen LogP contribution in [0.3, 0.4) is 0 Å². The van der Waals surface area contributed by atoms with Crippen molar-refractivity contribution >= 4 is 12.7 Å². The zero-order valence-electron chi connectivity index (χ0n) is 9.59. The van der Waals surface area contributed by atoms with E-state index in [1.807, 2.05) is 0 Å². The molecule has 0 spiro atoms. The van der Waals surface area contributed by atoms with Crippen molar-refractivity contribution in [1.29, 1.82) is 0 Å². The Bertz CT molecular complexity index is 535. The van der Waals surface area contributed by atoms with Crippen LogP contribution in [-0.2, 0) is 0 Å². The molecule has 1 aromatic carbocycles. The number of hydrogen-bond donors (Lipinski definition) is 2. The second kappa shape index (κ2) is 4.21. The van der Waals surface area contributed by atoms with Crippen molar-refractivity contribution in [2.45, 2.75) is 18.2 Å². The van der Waals surface area contributed by atoms with Crippen LogP contribution in [0.1, 0.15) is 28.3 Å². The van der Waals surface area contributed by atoms with Gasteiger partial charge in [-0.15, -0.1) is 0 Å². The van der Waals surface area contributed by atoms with E-state index in [0.717, 1.165) is 6.07 Å². The summed E-state index contributed by atoms with van der Waals surface area (Å²) in [6.07, 6.45) is 0.498. The quantitative estimate of drug-likeness (QED) is 0.509. The van der Waals surface area contributed by atoms with Crippen LogP contribution in [-0.4, -0.2) is 22.8 Å². The third-order valence-electron chi connectivity index (χ3n) is 3.43. The van der Waals surface area contributed by atoms with Crippen LogP contribution < -0.4 is 39.3 Å². The standard InChI is InChI=1S/C10H9BFO5.Na/c12-7-2-1-4-5-3-6(5)11(15,16)17-9(4)8(7)10(13)14;/h1-2,5-6,15-16H,3H2,(H,13,14);/q-1;+1/p-1. The summed E-state index contributed by atoms with van der Waals surface area (Å²) < 4.78 is 18.2. The first-order chi connectivity index (χ1) is 7.92. The van der Waals surface area contributed by atoms with E-state index in [-0.39, 0.29) is 41.2 Å². The van der Waals surface area contributed by atoms with Crippen molar-refractivity contribution in [3.63, 3.8) is 0 Å². The van der Waals surface area contributed by atoms with Gasteiger partial charge in [0.1, 0.15) is 5.82 Å². The molecule has 90 valence electrons. The summed E-state index contributed by atoms with van der Waals surface area (Å²) in [4.78, 5) is 10.8. The Hall–Kier alpha value is -0.595. The van der Waals surface area contributed by atoms with Gasteiger partial charge in [-0.25, -0.2) is 4.39 Å². The predicted octanol–water partition coefficient (Wildman–Crippen LogP) is -3.63.